The number of rotatable bonds is 19. The maximum Gasteiger partial charge on any atom is 0.0888 e. The zero-order chi connectivity index (χ0) is 17.9. The third kappa shape index (κ3) is 16.4. The molecule has 0 aromatic carbocycles. The van der Waals surface area contributed by atoms with Gasteiger partial charge in [0.25, 0.3) is 0 Å². The van der Waals surface area contributed by atoms with Crippen LogP contribution in [0.15, 0.2) is 12.3 Å². The van der Waals surface area contributed by atoms with Crippen LogP contribution in [0.2, 0.25) is 0 Å². The Morgan fingerprint density at radius 3 is 1.92 bits per heavy atom. The van der Waals surface area contributed by atoms with E-state index < -0.39 is 0 Å². The molecule has 0 saturated carbocycles. The number of hydrogen-bond donors (Lipinski definition) is 0. The van der Waals surface area contributed by atoms with Gasteiger partial charge in [-0.3, -0.25) is 0 Å². The molecule has 0 spiro atoms. The van der Waals surface area contributed by atoms with Crippen molar-refractivity contribution >= 4 is 0 Å². The molecular weight excluding hydrogens is 294 g/mol. The average molecular weight is 340 g/mol. The predicted octanol–water partition coefficient (Wildman–Crippen LogP) is 6.95. The third-order valence-electron chi connectivity index (χ3n) is 4.60. The summed E-state index contributed by atoms with van der Waals surface area (Å²) in [4.78, 5) is 2.64. The third-order valence-corrected chi connectivity index (χ3v) is 4.60. The van der Waals surface area contributed by atoms with Gasteiger partial charge in [-0.25, -0.2) is 0 Å². The lowest BCUT2D eigenvalue weighted by Gasteiger charge is -2.22. The maximum absolute atomic E-state index is 5.72. The van der Waals surface area contributed by atoms with E-state index in [1.54, 1.807) is 0 Å². The Morgan fingerprint density at radius 1 is 0.667 bits per heavy atom. The molecule has 0 N–H and O–H groups in total. The van der Waals surface area contributed by atoms with Gasteiger partial charge in [0.1, 0.15) is 0 Å². The summed E-state index contributed by atoms with van der Waals surface area (Å²) in [6.07, 6.45) is 16.9. The van der Waals surface area contributed by atoms with Gasteiger partial charge in [-0.2, -0.15) is 0 Å². The zero-order valence-electron chi connectivity index (χ0n) is 17.1. The topological polar surface area (TPSA) is 12.5 Å². The van der Waals surface area contributed by atoms with Gasteiger partial charge in [0.05, 0.1) is 12.4 Å². The van der Waals surface area contributed by atoms with Gasteiger partial charge >= 0.3 is 0 Å². The van der Waals surface area contributed by atoms with Crippen molar-refractivity contribution in [3.8, 4) is 0 Å². The van der Waals surface area contributed by atoms with Crippen LogP contribution in [0.1, 0.15) is 104 Å². The van der Waals surface area contributed by atoms with Gasteiger partial charge in [-0.15, -0.1) is 0 Å². The molecule has 2 heteroatoms. The van der Waals surface area contributed by atoms with Crippen molar-refractivity contribution < 1.29 is 4.74 Å². The average Bonchev–Trinajstić information content (AvgIpc) is 2.58. The van der Waals surface area contributed by atoms with E-state index >= 15 is 0 Å². The van der Waals surface area contributed by atoms with E-state index in [4.69, 9.17) is 4.74 Å². The van der Waals surface area contributed by atoms with Crippen LogP contribution in [0, 0.1) is 0 Å². The Hall–Kier alpha value is -0.500. The van der Waals surface area contributed by atoms with Gasteiger partial charge in [0.15, 0.2) is 0 Å². The van der Waals surface area contributed by atoms with Crippen molar-refractivity contribution in [3.63, 3.8) is 0 Å². The Bertz CT molecular complexity index is 265. The second-order valence-electron chi connectivity index (χ2n) is 7.16. The van der Waals surface area contributed by atoms with E-state index in [-0.39, 0.29) is 0 Å². The summed E-state index contributed by atoms with van der Waals surface area (Å²) >= 11 is 0. The first kappa shape index (κ1) is 23.5. The molecule has 0 atom stereocenters. The molecule has 2 nitrogen and oxygen atoms in total. The van der Waals surface area contributed by atoms with E-state index in [2.05, 4.69) is 32.3 Å². The summed E-state index contributed by atoms with van der Waals surface area (Å²) in [5, 5.41) is 0. The van der Waals surface area contributed by atoms with Crippen LogP contribution in [0.5, 0.6) is 0 Å². The first-order valence-corrected chi connectivity index (χ1v) is 10.8. The summed E-state index contributed by atoms with van der Waals surface area (Å²) < 4.78 is 5.72. The zero-order valence-corrected chi connectivity index (χ0v) is 17.1. The molecule has 0 bridgehead atoms. The molecule has 0 aliphatic rings. The molecular formula is C22H45NO. The van der Waals surface area contributed by atoms with Crippen LogP contribution in [0.25, 0.3) is 0 Å². The van der Waals surface area contributed by atoms with Gasteiger partial charge in [-0.1, -0.05) is 78.7 Å². The normalized spacial score (nSPS) is 11.2. The summed E-state index contributed by atoms with van der Waals surface area (Å²) in [6, 6.07) is 0. The highest BCUT2D eigenvalue weighted by atomic mass is 16.5. The molecule has 0 radical (unpaired) electrons. The van der Waals surface area contributed by atoms with Crippen molar-refractivity contribution in [1.82, 2.24) is 4.90 Å². The lowest BCUT2D eigenvalue weighted by atomic mass is 10.1. The van der Waals surface area contributed by atoms with Crippen molar-refractivity contribution in [2.24, 2.45) is 0 Å². The van der Waals surface area contributed by atoms with Crippen LogP contribution >= 0.6 is 0 Å². The van der Waals surface area contributed by atoms with Crippen LogP contribution < -0.4 is 0 Å². The summed E-state index contributed by atoms with van der Waals surface area (Å²) in [7, 11) is 0. The van der Waals surface area contributed by atoms with Gasteiger partial charge in [0.2, 0.25) is 0 Å². The van der Waals surface area contributed by atoms with E-state index in [1.165, 1.54) is 90.3 Å². The number of nitrogens with zero attached hydrogens (tertiary/aromatic N) is 1. The fraction of sp³-hybridized carbons (Fsp3) is 0.909. The Balaban J connectivity index is 3.62. The predicted molar refractivity (Wildman–Crippen MR) is 109 cm³/mol. The van der Waals surface area contributed by atoms with Crippen LogP contribution in [0.4, 0.5) is 0 Å². The lowest BCUT2D eigenvalue weighted by Crippen LogP contribution is -2.27. The second-order valence-corrected chi connectivity index (χ2v) is 7.16. The molecule has 0 amide bonds. The first-order valence-electron chi connectivity index (χ1n) is 10.8. The highest BCUT2D eigenvalue weighted by Crippen LogP contribution is 2.10. The molecule has 0 aromatic rings. The SMILES string of the molecule is C=C(CCCN(CCC)CCCCCCCCC)OCCCCC. The summed E-state index contributed by atoms with van der Waals surface area (Å²) in [5.41, 5.74) is 0. The van der Waals surface area contributed by atoms with E-state index in [9.17, 15) is 0 Å². The fourth-order valence-corrected chi connectivity index (χ4v) is 3.08. The lowest BCUT2D eigenvalue weighted by molar-refractivity contribution is 0.190. The molecule has 0 saturated heterocycles. The van der Waals surface area contributed by atoms with Crippen molar-refractivity contribution in [2.45, 2.75) is 104 Å². The molecule has 0 fully saturated rings. The van der Waals surface area contributed by atoms with Crippen molar-refractivity contribution in [3.05, 3.63) is 12.3 Å². The Morgan fingerprint density at radius 2 is 1.25 bits per heavy atom. The molecule has 144 valence electrons. The first-order chi connectivity index (χ1) is 11.7. The summed E-state index contributed by atoms with van der Waals surface area (Å²) in [5.74, 6) is 0.985. The molecule has 0 heterocycles. The number of ether oxygens (including phenoxy) is 1. The minimum atomic E-state index is 0.851. The van der Waals surface area contributed by atoms with Gasteiger partial charge in [-0.05, 0) is 45.3 Å². The van der Waals surface area contributed by atoms with Crippen LogP contribution in [0.3, 0.4) is 0 Å². The Kier molecular flexibility index (Phi) is 18.4. The monoisotopic (exact) mass is 339 g/mol. The van der Waals surface area contributed by atoms with Crippen LogP contribution in [-0.4, -0.2) is 31.1 Å². The van der Waals surface area contributed by atoms with E-state index in [0.29, 0.717) is 0 Å². The fourth-order valence-electron chi connectivity index (χ4n) is 3.08. The Labute approximate surface area is 153 Å². The summed E-state index contributed by atoms with van der Waals surface area (Å²) in [6.45, 7) is 15.4. The number of hydrogen-bond acceptors (Lipinski definition) is 2. The number of unbranched alkanes of at least 4 members (excludes halogenated alkanes) is 8. The maximum atomic E-state index is 5.72. The largest absolute Gasteiger partial charge is 0.499 e. The van der Waals surface area contributed by atoms with Gasteiger partial charge in [0, 0.05) is 6.42 Å². The second kappa shape index (κ2) is 18.8. The highest BCUT2D eigenvalue weighted by Gasteiger charge is 2.04. The quantitative estimate of drug-likeness (QED) is 0.186. The molecule has 0 rings (SSSR count). The highest BCUT2D eigenvalue weighted by molar-refractivity contribution is 4.82. The molecule has 0 aromatic heterocycles. The number of allylic oxidation sites excluding steroid dienone is 1. The van der Waals surface area contributed by atoms with E-state index in [0.717, 1.165) is 25.2 Å². The van der Waals surface area contributed by atoms with Crippen molar-refractivity contribution in [1.29, 1.82) is 0 Å². The van der Waals surface area contributed by atoms with Crippen LogP contribution in [-0.2, 0) is 4.74 Å². The van der Waals surface area contributed by atoms with Crippen molar-refractivity contribution in [2.75, 3.05) is 26.2 Å². The standard InChI is InChI=1S/C22H45NO/c1-5-8-10-11-12-13-14-19-23(18-7-3)20-16-17-22(4)24-21-15-9-6-2/h4-21H2,1-3H3. The molecule has 0 aliphatic heterocycles. The molecule has 0 unspecified atom stereocenters. The minimum absolute atomic E-state index is 0.851. The molecule has 24 heavy (non-hydrogen) atoms. The van der Waals surface area contributed by atoms with Gasteiger partial charge < -0.3 is 9.64 Å². The molecule has 0 aliphatic carbocycles. The minimum Gasteiger partial charge on any atom is -0.499 e. The smallest absolute Gasteiger partial charge is 0.0888 e. The van der Waals surface area contributed by atoms with E-state index in [1.807, 2.05) is 0 Å².